The minimum Gasteiger partial charge on any atom is -0.299 e. The van der Waals surface area contributed by atoms with Crippen LogP contribution in [0.4, 0.5) is 5.69 Å². The molecular weight excluding hydrogens is 334 g/mol. The first-order valence-electron chi connectivity index (χ1n) is 9.48. The summed E-state index contributed by atoms with van der Waals surface area (Å²) in [5.41, 5.74) is 5.55. The third-order valence-corrected chi connectivity index (χ3v) is 5.36. The van der Waals surface area contributed by atoms with Gasteiger partial charge in [0, 0.05) is 11.3 Å². The van der Waals surface area contributed by atoms with Gasteiger partial charge >= 0.3 is 0 Å². The first-order chi connectivity index (χ1) is 12.9. The first-order valence-corrected chi connectivity index (χ1v) is 9.48. The molecule has 4 heteroatoms. The summed E-state index contributed by atoms with van der Waals surface area (Å²) in [4.78, 5) is 15.3. The maximum absolute atomic E-state index is 13.4. The van der Waals surface area contributed by atoms with E-state index >= 15 is 0 Å². The predicted octanol–water partition coefficient (Wildman–Crippen LogP) is 4.86. The number of aromatic nitrogens is 2. The van der Waals surface area contributed by atoms with Crippen LogP contribution in [0.5, 0.6) is 0 Å². The molecule has 4 nitrogen and oxygen atoms in total. The maximum Gasteiger partial charge on any atom is 0.277 e. The van der Waals surface area contributed by atoms with Crippen molar-refractivity contribution in [1.29, 1.82) is 0 Å². The van der Waals surface area contributed by atoms with Gasteiger partial charge in [-0.15, -0.1) is 0 Å². The Labute approximate surface area is 160 Å². The molecule has 1 aliphatic rings. The van der Waals surface area contributed by atoms with Crippen molar-refractivity contribution in [3.05, 3.63) is 71.4 Å². The molecule has 3 aromatic rings. The van der Waals surface area contributed by atoms with Gasteiger partial charge in [0.05, 0.1) is 17.8 Å². The summed E-state index contributed by atoms with van der Waals surface area (Å²) in [5, 5.41) is 4.74. The van der Waals surface area contributed by atoms with Crippen molar-refractivity contribution in [2.75, 3.05) is 4.90 Å². The van der Waals surface area contributed by atoms with Crippen molar-refractivity contribution in [2.45, 2.75) is 46.2 Å². The number of fused-ring (bicyclic) bond motifs is 1. The van der Waals surface area contributed by atoms with Crippen LogP contribution in [0.1, 0.15) is 42.4 Å². The van der Waals surface area contributed by atoms with Crippen LogP contribution in [0.25, 0.3) is 11.3 Å². The van der Waals surface area contributed by atoms with Gasteiger partial charge in [0.2, 0.25) is 0 Å². The second-order valence-corrected chi connectivity index (χ2v) is 7.86. The molecule has 1 amide bonds. The van der Waals surface area contributed by atoms with Crippen LogP contribution in [0.3, 0.4) is 0 Å². The van der Waals surface area contributed by atoms with Crippen molar-refractivity contribution in [3.8, 4) is 11.3 Å². The van der Waals surface area contributed by atoms with Crippen LogP contribution in [0.15, 0.2) is 54.6 Å². The van der Waals surface area contributed by atoms with Crippen molar-refractivity contribution in [2.24, 2.45) is 0 Å². The van der Waals surface area contributed by atoms with Crippen LogP contribution in [0, 0.1) is 6.92 Å². The summed E-state index contributed by atoms with van der Waals surface area (Å²) < 4.78 is 1.86. The van der Waals surface area contributed by atoms with Gasteiger partial charge < -0.3 is 0 Å². The maximum atomic E-state index is 13.4. The number of amides is 1. The summed E-state index contributed by atoms with van der Waals surface area (Å²) in [5.74, 6) is 0.00415. The third-order valence-electron chi connectivity index (χ3n) is 5.36. The molecule has 138 valence electrons. The van der Waals surface area contributed by atoms with E-state index in [4.69, 9.17) is 5.10 Å². The zero-order valence-corrected chi connectivity index (χ0v) is 16.4. The Balaban J connectivity index is 1.77. The van der Waals surface area contributed by atoms with E-state index in [-0.39, 0.29) is 11.4 Å². The van der Waals surface area contributed by atoms with Crippen LogP contribution in [-0.2, 0) is 13.0 Å². The minimum absolute atomic E-state index is 0.00415. The van der Waals surface area contributed by atoms with Crippen molar-refractivity contribution < 1.29 is 4.79 Å². The number of nitrogens with zero attached hydrogens (tertiary/aromatic N) is 3. The molecule has 2 aromatic carbocycles. The Hall–Kier alpha value is -2.88. The lowest BCUT2D eigenvalue weighted by Crippen LogP contribution is -2.55. The van der Waals surface area contributed by atoms with Gasteiger partial charge in [0.15, 0.2) is 0 Å². The normalized spacial score (nSPS) is 15.7. The van der Waals surface area contributed by atoms with Crippen LogP contribution < -0.4 is 4.90 Å². The number of hydrogen-bond acceptors (Lipinski definition) is 2. The molecule has 0 saturated heterocycles. The number of hydrogen-bond donors (Lipinski definition) is 0. The SMILES string of the molecule is CCc1ccc(-c2cc3n(n2)CC(C)(C)N(c2ccccc2C)C3=O)cc1. The number of carbonyl (C=O) groups is 1. The Morgan fingerprint density at radius 3 is 2.44 bits per heavy atom. The van der Waals surface area contributed by atoms with Gasteiger partial charge in [0.1, 0.15) is 5.69 Å². The molecule has 1 aromatic heterocycles. The molecule has 4 rings (SSSR count). The molecule has 0 radical (unpaired) electrons. The highest BCUT2D eigenvalue weighted by Gasteiger charge is 2.40. The van der Waals surface area contributed by atoms with Crippen LogP contribution >= 0.6 is 0 Å². The molecule has 0 N–H and O–H groups in total. The Morgan fingerprint density at radius 2 is 1.78 bits per heavy atom. The van der Waals surface area contributed by atoms with Gasteiger partial charge in [-0.05, 0) is 50.5 Å². The van der Waals surface area contributed by atoms with E-state index in [1.807, 2.05) is 46.8 Å². The van der Waals surface area contributed by atoms with Gasteiger partial charge in [-0.2, -0.15) is 5.10 Å². The standard InChI is InChI=1S/C23H25N3O/c1-5-17-10-12-18(13-11-17)19-14-21-22(27)26(20-9-7-6-8-16(20)2)23(3,4)15-25(21)24-19/h6-14H,5,15H2,1-4H3. The van der Waals surface area contributed by atoms with E-state index in [0.717, 1.165) is 28.9 Å². The lowest BCUT2D eigenvalue weighted by atomic mass is 9.96. The van der Waals surface area contributed by atoms with Crippen LogP contribution in [0.2, 0.25) is 0 Å². The number of benzene rings is 2. The third kappa shape index (κ3) is 2.95. The number of anilines is 1. The average Bonchev–Trinajstić information content (AvgIpc) is 3.06. The summed E-state index contributed by atoms with van der Waals surface area (Å²) in [6.07, 6.45) is 1.01. The molecule has 1 aliphatic heterocycles. The van der Waals surface area contributed by atoms with E-state index in [2.05, 4.69) is 45.0 Å². The Morgan fingerprint density at radius 1 is 1.07 bits per heavy atom. The summed E-state index contributed by atoms with van der Waals surface area (Å²) in [6, 6.07) is 18.4. The van der Waals surface area contributed by atoms with E-state index < -0.39 is 0 Å². The zero-order valence-electron chi connectivity index (χ0n) is 16.4. The fourth-order valence-electron chi connectivity index (χ4n) is 3.84. The first kappa shape index (κ1) is 17.5. The molecule has 0 fully saturated rings. The summed E-state index contributed by atoms with van der Waals surface area (Å²) in [6.45, 7) is 9.04. The van der Waals surface area contributed by atoms with Gasteiger partial charge in [-0.25, -0.2) is 0 Å². The molecule has 0 unspecified atom stereocenters. The molecule has 0 atom stereocenters. The van der Waals surface area contributed by atoms with Gasteiger partial charge in [-0.3, -0.25) is 14.4 Å². The molecule has 0 bridgehead atoms. The van der Waals surface area contributed by atoms with E-state index in [1.54, 1.807) is 0 Å². The topological polar surface area (TPSA) is 38.1 Å². The van der Waals surface area contributed by atoms with Crippen molar-refractivity contribution >= 4 is 11.6 Å². The lowest BCUT2D eigenvalue weighted by molar-refractivity contribution is 0.0917. The van der Waals surface area contributed by atoms with Gasteiger partial charge in [0.25, 0.3) is 5.91 Å². The summed E-state index contributed by atoms with van der Waals surface area (Å²) in [7, 11) is 0. The highest BCUT2D eigenvalue weighted by molar-refractivity contribution is 6.07. The van der Waals surface area contributed by atoms with E-state index in [9.17, 15) is 4.79 Å². The van der Waals surface area contributed by atoms with Gasteiger partial charge in [-0.1, -0.05) is 49.4 Å². The fraction of sp³-hybridized carbons (Fsp3) is 0.304. The second kappa shape index (κ2) is 6.38. The Bertz CT molecular complexity index is 999. The highest BCUT2D eigenvalue weighted by Crippen LogP contribution is 2.35. The number of aryl methyl sites for hydroxylation is 2. The van der Waals surface area contributed by atoms with Crippen LogP contribution in [-0.4, -0.2) is 21.2 Å². The van der Waals surface area contributed by atoms with E-state index in [0.29, 0.717) is 12.2 Å². The smallest absolute Gasteiger partial charge is 0.277 e. The fourth-order valence-corrected chi connectivity index (χ4v) is 3.84. The number of para-hydroxylation sites is 1. The number of carbonyl (C=O) groups excluding carboxylic acids is 1. The molecule has 0 aliphatic carbocycles. The zero-order chi connectivity index (χ0) is 19.2. The van der Waals surface area contributed by atoms with E-state index in [1.165, 1.54) is 5.56 Å². The molecule has 0 saturated carbocycles. The lowest BCUT2D eigenvalue weighted by Gasteiger charge is -2.42. The Kier molecular flexibility index (Phi) is 4.14. The minimum atomic E-state index is -0.356. The number of rotatable bonds is 3. The second-order valence-electron chi connectivity index (χ2n) is 7.86. The highest BCUT2D eigenvalue weighted by atomic mass is 16.2. The largest absolute Gasteiger partial charge is 0.299 e. The molecule has 0 spiro atoms. The molecule has 27 heavy (non-hydrogen) atoms. The molecular formula is C23H25N3O. The predicted molar refractivity (Wildman–Crippen MR) is 109 cm³/mol. The average molecular weight is 359 g/mol. The monoisotopic (exact) mass is 359 g/mol. The van der Waals surface area contributed by atoms with Crippen molar-refractivity contribution in [1.82, 2.24) is 9.78 Å². The molecule has 2 heterocycles. The van der Waals surface area contributed by atoms with Crippen molar-refractivity contribution in [3.63, 3.8) is 0 Å². The summed E-state index contributed by atoms with van der Waals surface area (Å²) >= 11 is 0. The quantitative estimate of drug-likeness (QED) is 0.670.